The van der Waals surface area contributed by atoms with Gasteiger partial charge in [0.1, 0.15) is 5.75 Å². The average Bonchev–Trinajstić information content (AvgIpc) is 2.60. The van der Waals surface area contributed by atoms with Gasteiger partial charge in [0.2, 0.25) is 0 Å². The fourth-order valence-electron chi connectivity index (χ4n) is 2.28. The molecule has 6 nitrogen and oxygen atoms in total. The highest BCUT2D eigenvalue weighted by atomic mass is 32.2. The fourth-order valence-corrected chi connectivity index (χ4v) is 3.36. The number of sulfonamides is 1. The zero-order valence-corrected chi connectivity index (χ0v) is 16.2. The summed E-state index contributed by atoms with van der Waals surface area (Å²) in [6.07, 6.45) is 0. The first kappa shape index (κ1) is 19.8. The van der Waals surface area contributed by atoms with Crippen LogP contribution in [0.1, 0.15) is 29.8 Å². The van der Waals surface area contributed by atoms with Gasteiger partial charge in [0.15, 0.2) is 0 Å². The summed E-state index contributed by atoms with van der Waals surface area (Å²) in [6, 6.07) is 11.1. The van der Waals surface area contributed by atoms with Gasteiger partial charge >= 0.3 is 0 Å². The highest BCUT2D eigenvalue weighted by Crippen LogP contribution is 2.21. The quantitative estimate of drug-likeness (QED) is 0.777. The van der Waals surface area contributed by atoms with Gasteiger partial charge in [-0.15, -0.1) is 0 Å². The van der Waals surface area contributed by atoms with E-state index in [1.165, 1.54) is 19.2 Å². The largest absolute Gasteiger partial charge is 0.497 e. The number of anilines is 1. The molecule has 0 unspecified atom stereocenters. The lowest BCUT2D eigenvalue weighted by atomic mass is 10.1. The second kappa shape index (κ2) is 8.23. The predicted molar refractivity (Wildman–Crippen MR) is 102 cm³/mol. The number of methoxy groups -OCH3 is 1. The maximum atomic E-state index is 12.6. The Balaban J connectivity index is 2.25. The summed E-state index contributed by atoms with van der Waals surface area (Å²) in [5.74, 6) is 0.660. The summed E-state index contributed by atoms with van der Waals surface area (Å²) in [5, 5.41) is 2.81. The highest BCUT2D eigenvalue weighted by Gasteiger charge is 2.18. The minimum atomic E-state index is -3.81. The van der Waals surface area contributed by atoms with E-state index >= 15 is 0 Å². The molecule has 0 radical (unpaired) electrons. The van der Waals surface area contributed by atoms with Gasteiger partial charge in [0.05, 0.1) is 12.0 Å². The monoisotopic (exact) mass is 376 g/mol. The molecule has 26 heavy (non-hydrogen) atoms. The summed E-state index contributed by atoms with van der Waals surface area (Å²) < 4.78 is 32.8. The van der Waals surface area contributed by atoms with Crippen molar-refractivity contribution in [3.63, 3.8) is 0 Å². The maximum absolute atomic E-state index is 12.6. The number of hydrogen-bond donors (Lipinski definition) is 2. The first-order valence-electron chi connectivity index (χ1n) is 8.28. The van der Waals surface area contributed by atoms with Gasteiger partial charge in [-0.2, -0.15) is 0 Å². The number of amides is 1. The Labute approximate surface area is 154 Å². The van der Waals surface area contributed by atoms with Gasteiger partial charge < -0.3 is 10.1 Å². The van der Waals surface area contributed by atoms with Crippen LogP contribution in [0.15, 0.2) is 47.4 Å². The van der Waals surface area contributed by atoms with Crippen molar-refractivity contribution in [2.45, 2.75) is 25.7 Å². The standard InChI is InChI=1S/C19H24N2O4S/c1-13(2)12-20-19(22)18-11-17(10-5-14(18)3)26(23,24)21-15-6-8-16(25-4)9-7-15/h5-11,13,21H,12H2,1-4H3,(H,20,22). The predicted octanol–water partition coefficient (Wildman–Crippen LogP) is 3.19. The van der Waals surface area contributed by atoms with E-state index in [4.69, 9.17) is 4.74 Å². The van der Waals surface area contributed by atoms with Crippen molar-refractivity contribution in [2.24, 2.45) is 5.92 Å². The van der Waals surface area contributed by atoms with Crippen molar-refractivity contribution < 1.29 is 17.9 Å². The first-order valence-corrected chi connectivity index (χ1v) is 9.77. The second-order valence-electron chi connectivity index (χ2n) is 6.41. The van der Waals surface area contributed by atoms with Gasteiger partial charge in [-0.3, -0.25) is 9.52 Å². The number of benzene rings is 2. The van der Waals surface area contributed by atoms with Crippen LogP contribution in [0.3, 0.4) is 0 Å². The van der Waals surface area contributed by atoms with Crippen molar-refractivity contribution in [3.8, 4) is 5.75 Å². The molecule has 2 aromatic rings. The van der Waals surface area contributed by atoms with Crippen LogP contribution in [0.4, 0.5) is 5.69 Å². The van der Waals surface area contributed by atoms with Crippen molar-refractivity contribution in [2.75, 3.05) is 18.4 Å². The van der Waals surface area contributed by atoms with Crippen LogP contribution >= 0.6 is 0 Å². The Morgan fingerprint density at radius 1 is 1.12 bits per heavy atom. The van der Waals surface area contributed by atoms with E-state index in [0.717, 1.165) is 5.56 Å². The number of aryl methyl sites for hydroxylation is 1. The van der Waals surface area contributed by atoms with Crippen LogP contribution in [0.25, 0.3) is 0 Å². The average molecular weight is 376 g/mol. The molecule has 0 saturated heterocycles. The molecule has 0 atom stereocenters. The molecule has 2 rings (SSSR count). The maximum Gasteiger partial charge on any atom is 0.261 e. The molecular formula is C19H24N2O4S. The number of carbonyl (C=O) groups is 1. The van der Waals surface area contributed by atoms with E-state index in [9.17, 15) is 13.2 Å². The molecule has 0 bridgehead atoms. The van der Waals surface area contributed by atoms with Crippen molar-refractivity contribution >= 4 is 21.6 Å². The van der Waals surface area contributed by atoms with Crippen LogP contribution < -0.4 is 14.8 Å². The van der Waals surface area contributed by atoms with E-state index in [1.807, 2.05) is 13.8 Å². The third-order valence-corrected chi connectivity index (χ3v) is 5.16. The van der Waals surface area contributed by atoms with Gasteiger partial charge in [0, 0.05) is 17.8 Å². The molecule has 0 heterocycles. The third kappa shape index (κ3) is 4.98. The van der Waals surface area contributed by atoms with Gasteiger partial charge in [-0.25, -0.2) is 8.42 Å². The molecule has 0 aliphatic rings. The van der Waals surface area contributed by atoms with E-state index in [-0.39, 0.29) is 10.8 Å². The highest BCUT2D eigenvalue weighted by molar-refractivity contribution is 7.92. The van der Waals surface area contributed by atoms with E-state index in [1.54, 1.807) is 37.3 Å². The summed E-state index contributed by atoms with van der Waals surface area (Å²) in [6.45, 7) is 6.29. The summed E-state index contributed by atoms with van der Waals surface area (Å²) >= 11 is 0. The molecule has 0 fully saturated rings. The molecule has 0 spiro atoms. The summed E-state index contributed by atoms with van der Waals surface area (Å²) in [7, 11) is -2.27. The van der Waals surface area contributed by atoms with E-state index in [2.05, 4.69) is 10.0 Å². The van der Waals surface area contributed by atoms with Crippen LogP contribution in [-0.4, -0.2) is 28.0 Å². The van der Waals surface area contributed by atoms with Crippen LogP contribution in [0, 0.1) is 12.8 Å². The third-order valence-electron chi connectivity index (χ3n) is 3.78. The van der Waals surface area contributed by atoms with Gasteiger partial charge in [-0.1, -0.05) is 19.9 Å². The normalized spacial score (nSPS) is 11.3. The Bertz CT molecular complexity index is 875. The number of ether oxygens (including phenoxy) is 1. The zero-order valence-electron chi connectivity index (χ0n) is 15.4. The summed E-state index contributed by atoms with van der Waals surface area (Å²) in [4.78, 5) is 12.4. The molecule has 0 saturated carbocycles. The number of nitrogens with one attached hydrogen (secondary N) is 2. The topological polar surface area (TPSA) is 84.5 Å². The zero-order chi connectivity index (χ0) is 19.3. The Hall–Kier alpha value is -2.54. The number of hydrogen-bond acceptors (Lipinski definition) is 4. The van der Waals surface area contributed by atoms with E-state index in [0.29, 0.717) is 29.5 Å². The lowest BCUT2D eigenvalue weighted by Crippen LogP contribution is -2.28. The van der Waals surface area contributed by atoms with Crippen molar-refractivity contribution in [1.29, 1.82) is 0 Å². The van der Waals surface area contributed by atoms with Crippen molar-refractivity contribution in [3.05, 3.63) is 53.6 Å². The van der Waals surface area contributed by atoms with Gasteiger partial charge in [-0.05, 0) is 54.8 Å². The van der Waals surface area contributed by atoms with Gasteiger partial charge in [0.25, 0.3) is 15.9 Å². The molecular weight excluding hydrogens is 352 g/mol. The summed E-state index contributed by atoms with van der Waals surface area (Å²) in [5.41, 5.74) is 1.48. The van der Waals surface area contributed by atoms with Crippen LogP contribution in [0.2, 0.25) is 0 Å². The lowest BCUT2D eigenvalue weighted by Gasteiger charge is -2.13. The SMILES string of the molecule is COc1ccc(NS(=O)(=O)c2ccc(C)c(C(=O)NCC(C)C)c2)cc1. The number of carbonyl (C=O) groups excluding carboxylic acids is 1. The molecule has 2 aromatic carbocycles. The molecule has 1 amide bonds. The smallest absolute Gasteiger partial charge is 0.261 e. The molecule has 7 heteroatoms. The molecule has 0 aliphatic heterocycles. The Morgan fingerprint density at radius 3 is 2.35 bits per heavy atom. The molecule has 0 aliphatic carbocycles. The number of rotatable bonds is 7. The first-order chi connectivity index (χ1) is 12.2. The minimum absolute atomic E-state index is 0.0358. The fraction of sp³-hybridized carbons (Fsp3) is 0.316. The lowest BCUT2D eigenvalue weighted by molar-refractivity contribution is 0.0948. The van der Waals surface area contributed by atoms with Crippen LogP contribution in [0.5, 0.6) is 5.75 Å². The Morgan fingerprint density at radius 2 is 1.77 bits per heavy atom. The van der Waals surface area contributed by atoms with Crippen molar-refractivity contribution in [1.82, 2.24) is 5.32 Å². The molecule has 140 valence electrons. The Kier molecular flexibility index (Phi) is 6.26. The second-order valence-corrected chi connectivity index (χ2v) is 8.10. The minimum Gasteiger partial charge on any atom is -0.497 e. The molecule has 0 aromatic heterocycles. The van der Waals surface area contributed by atoms with E-state index < -0.39 is 10.0 Å². The van der Waals surface area contributed by atoms with Crippen LogP contribution in [-0.2, 0) is 10.0 Å². The molecule has 2 N–H and O–H groups in total.